The van der Waals surface area contributed by atoms with E-state index < -0.39 is 0 Å². The largest absolute Gasteiger partial charge is 0.330 e. The molecule has 0 unspecified atom stereocenters. The normalized spacial score (nSPS) is 11.1. The fourth-order valence-corrected chi connectivity index (χ4v) is 2.79. The number of rotatable bonds is 5. The van der Waals surface area contributed by atoms with E-state index in [0.717, 1.165) is 35.2 Å². The summed E-state index contributed by atoms with van der Waals surface area (Å²) < 4.78 is 3.40. The molecule has 1 aromatic heterocycles. The topological polar surface area (TPSA) is 43.8 Å². The molecule has 3 rings (SSSR count). The average molecular weight is 344 g/mol. The van der Waals surface area contributed by atoms with Gasteiger partial charge in [-0.3, -0.25) is 0 Å². The van der Waals surface area contributed by atoms with Gasteiger partial charge in [0.05, 0.1) is 11.0 Å². The average Bonchev–Trinajstić information content (AvgIpc) is 2.85. The van der Waals surface area contributed by atoms with Gasteiger partial charge in [-0.25, -0.2) is 4.98 Å². The smallest absolute Gasteiger partial charge is 0.110 e. The Kier molecular flexibility index (Phi) is 4.36. The Morgan fingerprint density at radius 2 is 1.81 bits per heavy atom. The lowest BCUT2D eigenvalue weighted by Gasteiger charge is -2.09. The minimum atomic E-state index is 0.696. The lowest BCUT2D eigenvalue weighted by molar-refractivity contribution is 0.703. The lowest BCUT2D eigenvalue weighted by atomic mass is 10.2. The first kappa shape index (κ1) is 14.3. The fraction of sp³-hybridized carbons (Fsp3) is 0.235. The predicted molar refractivity (Wildman–Crippen MR) is 90.4 cm³/mol. The molecular weight excluding hydrogens is 326 g/mol. The molecule has 2 aromatic carbocycles. The molecule has 108 valence electrons. The molecule has 3 aromatic rings. The highest BCUT2D eigenvalue weighted by atomic mass is 79.9. The maximum Gasteiger partial charge on any atom is 0.110 e. The second kappa shape index (κ2) is 6.41. The standard InChI is InChI=1S/C17H18BrN3/c18-14-9-7-13(8-10-14)12-21-16-5-2-1-4-15(16)20-17(21)6-3-11-19/h1-2,4-5,7-10H,3,6,11-12,19H2. The van der Waals surface area contributed by atoms with Crippen molar-refractivity contribution in [1.82, 2.24) is 9.55 Å². The van der Waals surface area contributed by atoms with Gasteiger partial charge in [0.15, 0.2) is 0 Å². The second-order valence-corrected chi connectivity index (χ2v) is 6.04. The molecule has 0 spiro atoms. The summed E-state index contributed by atoms with van der Waals surface area (Å²) in [6.45, 7) is 1.54. The van der Waals surface area contributed by atoms with Gasteiger partial charge < -0.3 is 10.3 Å². The molecule has 0 atom stereocenters. The van der Waals surface area contributed by atoms with Crippen LogP contribution in [0.5, 0.6) is 0 Å². The van der Waals surface area contributed by atoms with E-state index in [4.69, 9.17) is 10.7 Å². The first-order valence-electron chi connectivity index (χ1n) is 7.16. The first-order valence-corrected chi connectivity index (χ1v) is 7.96. The van der Waals surface area contributed by atoms with Crippen molar-refractivity contribution < 1.29 is 0 Å². The molecule has 0 amide bonds. The van der Waals surface area contributed by atoms with E-state index in [1.54, 1.807) is 0 Å². The number of fused-ring (bicyclic) bond motifs is 1. The van der Waals surface area contributed by atoms with Crippen molar-refractivity contribution >= 4 is 27.0 Å². The Balaban J connectivity index is 1.99. The molecule has 0 aliphatic heterocycles. The molecule has 0 radical (unpaired) electrons. The van der Waals surface area contributed by atoms with Crippen LogP contribution in [-0.2, 0) is 13.0 Å². The zero-order valence-electron chi connectivity index (χ0n) is 11.8. The molecule has 0 aliphatic carbocycles. The van der Waals surface area contributed by atoms with Crippen LogP contribution in [-0.4, -0.2) is 16.1 Å². The summed E-state index contributed by atoms with van der Waals surface area (Å²) in [7, 11) is 0. The Morgan fingerprint density at radius 3 is 2.57 bits per heavy atom. The number of imidazole rings is 1. The van der Waals surface area contributed by atoms with Crippen molar-refractivity contribution in [2.24, 2.45) is 5.73 Å². The highest BCUT2D eigenvalue weighted by Gasteiger charge is 2.10. The molecule has 0 saturated carbocycles. The molecule has 4 heteroatoms. The highest BCUT2D eigenvalue weighted by Crippen LogP contribution is 2.20. The lowest BCUT2D eigenvalue weighted by Crippen LogP contribution is -2.08. The van der Waals surface area contributed by atoms with Crippen LogP contribution in [0.3, 0.4) is 0 Å². The summed E-state index contributed by atoms with van der Waals surface area (Å²) >= 11 is 3.48. The number of aryl methyl sites for hydroxylation is 1. The van der Waals surface area contributed by atoms with E-state index >= 15 is 0 Å². The molecule has 2 N–H and O–H groups in total. The molecule has 0 saturated heterocycles. The molecule has 0 bridgehead atoms. The number of benzene rings is 2. The minimum Gasteiger partial charge on any atom is -0.330 e. The zero-order chi connectivity index (χ0) is 14.7. The molecule has 21 heavy (non-hydrogen) atoms. The number of halogens is 1. The molecule has 0 fully saturated rings. The zero-order valence-corrected chi connectivity index (χ0v) is 13.4. The quantitative estimate of drug-likeness (QED) is 0.766. The fourth-order valence-electron chi connectivity index (χ4n) is 2.53. The number of aromatic nitrogens is 2. The van der Waals surface area contributed by atoms with E-state index in [1.165, 1.54) is 11.1 Å². The van der Waals surface area contributed by atoms with Crippen LogP contribution in [0, 0.1) is 0 Å². The van der Waals surface area contributed by atoms with Gasteiger partial charge in [0, 0.05) is 17.4 Å². The van der Waals surface area contributed by atoms with Crippen molar-refractivity contribution in [3.05, 3.63) is 64.4 Å². The molecule has 0 aliphatic rings. The van der Waals surface area contributed by atoms with Gasteiger partial charge in [-0.15, -0.1) is 0 Å². The van der Waals surface area contributed by atoms with Crippen molar-refractivity contribution in [1.29, 1.82) is 0 Å². The van der Waals surface area contributed by atoms with Crippen LogP contribution in [0.1, 0.15) is 17.8 Å². The van der Waals surface area contributed by atoms with Gasteiger partial charge in [0.25, 0.3) is 0 Å². The third kappa shape index (κ3) is 3.17. The Labute approximate surface area is 132 Å². The maximum absolute atomic E-state index is 5.65. The Hall–Kier alpha value is -1.65. The number of nitrogens with two attached hydrogens (primary N) is 1. The van der Waals surface area contributed by atoms with Gasteiger partial charge in [0.2, 0.25) is 0 Å². The van der Waals surface area contributed by atoms with Crippen LogP contribution in [0.2, 0.25) is 0 Å². The number of hydrogen-bond acceptors (Lipinski definition) is 2. The summed E-state index contributed by atoms with van der Waals surface area (Å²) in [6, 6.07) is 16.7. The van der Waals surface area contributed by atoms with Crippen LogP contribution in [0.4, 0.5) is 0 Å². The van der Waals surface area contributed by atoms with Crippen molar-refractivity contribution in [2.45, 2.75) is 19.4 Å². The van der Waals surface area contributed by atoms with Gasteiger partial charge in [0.1, 0.15) is 5.82 Å². The minimum absolute atomic E-state index is 0.696. The summed E-state index contributed by atoms with van der Waals surface area (Å²) in [5.41, 5.74) is 9.17. The monoisotopic (exact) mass is 343 g/mol. The van der Waals surface area contributed by atoms with Crippen molar-refractivity contribution in [2.75, 3.05) is 6.54 Å². The second-order valence-electron chi connectivity index (χ2n) is 5.12. The van der Waals surface area contributed by atoms with Crippen molar-refractivity contribution in [3.8, 4) is 0 Å². The van der Waals surface area contributed by atoms with E-state index in [-0.39, 0.29) is 0 Å². The maximum atomic E-state index is 5.65. The summed E-state index contributed by atoms with van der Waals surface area (Å²) in [5.74, 6) is 1.12. The molecule has 3 nitrogen and oxygen atoms in total. The van der Waals surface area contributed by atoms with Gasteiger partial charge in [-0.1, -0.05) is 40.2 Å². The van der Waals surface area contributed by atoms with Crippen LogP contribution < -0.4 is 5.73 Å². The van der Waals surface area contributed by atoms with E-state index in [0.29, 0.717) is 6.54 Å². The van der Waals surface area contributed by atoms with Crippen LogP contribution in [0.25, 0.3) is 11.0 Å². The summed E-state index contributed by atoms with van der Waals surface area (Å²) in [4.78, 5) is 4.76. The number of nitrogens with zero attached hydrogens (tertiary/aromatic N) is 2. The Morgan fingerprint density at radius 1 is 1.05 bits per heavy atom. The highest BCUT2D eigenvalue weighted by molar-refractivity contribution is 9.10. The van der Waals surface area contributed by atoms with Gasteiger partial charge in [-0.05, 0) is 42.8 Å². The van der Waals surface area contributed by atoms with E-state index in [2.05, 4.69) is 63.0 Å². The number of hydrogen-bond donors (Lipinski definition) is 1. The van der Waals surface area contributed by atoms with Crippen LogP contribution >= 0.6 is 15.9 Å². The summed E-state index contributed by atoms with van der Waals surface area (Å²) in [5, 5.41) is 0. The molecule has 1 heterocycles. The van der Waals surface area contributed by atoms with E-state index in [1.807, 2.05) is 6.07 Å². The summed E-state index contributed by atoms with van der Waals surface area (Å²) in [6.07, 6.45) is 1.88. The van der Waals surface area contributed by atoms with Gasteiger partial charge in [-0.2, -0.15) is 0 Å². The van der Waals surface area contributed by atoms with Gasteiger partial charge >= 0.3 is 0 Å². The van der Waals surface area contributed by atoms with Crippen LogP contribution in [0.15, 0.2) is 53.0 Å². The SMILES string of the molecule is NCCCc1nc2ccccc2n1Cc1ccc(Br)cc1. The first-order chi connectivity index (χ1) is 10.3. The third-order valence-electron chi connectivity index (χ3n) is 3.59. The molecular formula is C17H18BrN3. The number of para-hydroxylation sites is 2. The Bertz CT molecular complexity index is 731. The van der Waals surface area contributed by atoms with E-state index in [9.17, 15) is 0 Å². The third-order valence-corrected chi connectivity index (χ3v) is 4.12. The van der Waals surface area contributed by atoms with Crippen molar-refractivity contribution in [3.63, 3.8) is 0 Å². The predicted octanol–water partition coefficient (Wildman–Crippen LogP) is 3.74.